The third-order valence-electron chi connectivity index (χ3n) is 5.45. The van der Waals surface area contributed by atoms with Crippen molar-refractivity contribution in [3.05, 3.63) is 42.2 Å². The number of aryl methyl sites for hydroxylation is 1. The SMILES string of the molecule is CCc1[nH]nc2ccc(-c3cnc4ccc(N5CCC(F)(F)CC5)nn34)cc12. The fourth-order valence-corrected chi connectivity index (χ4v) is 3.78. The second-order valence-electron chi connectivity index (χ2n) is 7.24. The fourth-order valence-electron chi connectivity index (χ4n) is 3.78. The maximum atomic E-state index is 13.5. The number of fused-ring (bicyclic) bond motifs is 2. The van der Waals surface area contributed by atoms with Gasteiger partial charge in [-0.2, -0.15) is 5.10 Å². The number of halogens is 2. The summed E-state index contributed by atoms with van der Waals surface area (Å²) in [6, 6.07) is 9.81. The van der Waals surface area contributed by atoms with E-state index in [2.05, 4.69) is 28.2 Å². The maximum absolute atomic E-state index is 13.5. The number of alkyl halides is 2. The van der Waals surface area contributed by atoms with E-state index < -0.39 is 5.92 Å². The van der Waals surface area contributed by atoms with Gasteiger partial charge in [0.1, 0.15) is 5.82 Å². The number of hydrogen-bond donors (Lipinski definition) is 1. The van der Waals surface area contributed by atoms with Crippen LogP contribution in [0.2, 0.25) is 0 Å². The highest BCUT2D eigenvalue weighted by atomic mass is 19.3. The van der Waals surface area contributed by atoms with Gasteiger partial charge in [-0.05, 0) is 30.7 Å². The predicted octanol–water partition coefficient (Wildman–Crippen LogP) is 4.07. The number of imidazole rings is 1. The van der Waals surface area contributed by atoms with Crippen LogP contribution in [0.15, 0.2) is 36.5 Å². The van der Waals surface area contributed by atoms with Crippen LogP contribution in [0.25, 0.3) is 27.8 Å². The lowest BCUT2D eigenvalue weighted by Crippen LogP contribution is -2.39. The van der Waals surface area contributed by atoms with E-state index in [0.717, 1.165) is 39.9 Å². The molecule has 0 unspecified atom stereocenters. The van der Waals surface area contributed by atoms with E-state index in [9.17, 15) is 8.78 Å². The second-order valence-corrected chi connectivity index (χ2v) is 7.24. The smallest absolute Gasteiger partial charge is 0.251 e. The first-order valence-corrected chi connectivity index (χ1v) is 9.49. The molecule has 0 aliphatic carbocycles. The Morgan fingerprint density at radius 1 is 1.14 bits per heavy atom. The molecule has 1 fully saturated rings. The molecule has 0 spiro atoms. The average Bonchev–Trinajstić information content (AvgIpc) is 3.30. The molecule has 4 heterocycles. The molecular formula is C20H20F2N6. The highest BCUT2D eigenvalue weighted by Gasteiger charge is 2.34. The van der Waals surface area contributed by atoms with Crippen LogP contribution in [0, 0.1) is 0 Å². The molecule has 8 heteroatoms. The Morgan fingerprint density at radius 3 is 2.75 bits per heavy atom. The zero-order chi connectivity index (χ0) is 19.3. The minimum absolute atomic E-state index is 0.138. The predicted molar refractivity (Wildman–Crippen MR) is 104 cm³/mol. The summed E-state index contributed by atoms with van der Waals surface area (Å²) in [5, 5.41) is 13.2. The highest BCUT2D eigenvalue weighted by molar-refractivity contribution is 5.86. The van der Waals surface area contributed by atoms with Crippen LogP contribution < -0.4 is 4.90 Å². The number of aromatic nitrogens is 5. The third kappa shape index (κ3) is 2.80. The van der Waals surface area contributed by atoms with Gasteiger partial charge in [0, 0.05) is 42.6 Å². The molecule has 1 saturated heterocycles. The Hall–Kier alpha value is -3.03. The molecule has 28 heavy (non-hydrogen) atoms. The van der Waals surface area contributed by atoms with Crippen LogP contribution in [-0.4, -0.2) is 43.8 Å². The molecular weight excluding hydrogens is 362 g/mol. The van der Waals surface area contributed by atoms with Crippen molar-refractivity contribution in [3.8, 4) is 11.3 Å². The Kier molecular flexibility index (Phi) is 3.82. The van der Waals surface area contributed by atoms with E-state index >= 15 is 0 Å². The summed E-state index contributed by atoms with van der Waals surface area (Å²) in [5.74, 6) is -1.88. The van der Waals surface area contributed by atoms with Gasteiger partial charge in [0.05, 0.1) is 17.4 Å². The molecule has 1 aliphatic heterocycles. The number of nitrogens with one attached hydrogen (secondary N) is 1. The number of hydrogen-bond acceptors (Lipinski definition) is 4. The molecule has 0 saturated carbocycles. The van der Waals surface area contributed by atoms with Gasteiger partial charge < -0.3 is 4.90 Å². The second kappa shape index (κ2) is 6.25. The van der Waals surface area contributed by atoms with Crippen LogP contribution >= 0.6 is 0 Å². The highest BCUT2D eigenvalue weighted by Crippen LogP contribution is 2.31. The van der Waals surface area contributed by atoms with Gasteiger partial charge >= 0.3 is 0 Å². The summed E-state index contributed by atoms with van der Waals surface area (Å²) in [7, 11) is 0. The number of benzene rings is 1. The van der Waals surface area contributed by atoms with E-state index in [1.807, 2.05) is 29.2 Å². The first-order chi connectivity index (χ1) is 13.5. The van der Waals surface area contributed by atoms with Crippen LogP contribution in [0.4, 0.5) is 14.6 Å². The van der Waals surface area contributed by atoms with Crippen LogP contribution in [0.1, 0.15) is 25.5 Å². The number of piperidine rings is 1. The quantitative estimate of drug-likeness (QED) is 0.580. The van der Waals surface area contributed by atoms with Crippen molar-refractivity contribution in [2.45, 2.75) is 32.1 Å². The number of rotatable bonds is 3. The van der Waals surface area contributed by atoms with Gasteiger partial charge in [0.15, 0.2) is 5.65 Å². The minimum atomic E-state index is -2.57. The van der Waals surface area contributed by atoms with Gasteiger partial charge in [0.2, 0.25) is 0 Å². The monoisotopic (exact) mass is 382 g/mol. The molecule has 6 nitrogen and oxygen atoms in total. The third-order valence-corrected chi connectivity index (χ3v) is 5.45. The Labute approximate surface area is 160 Å². The van der Waals surface area contributed by atoms with Crippen LogP contribution in [0.5, 0.6) is 0 Å². The lowest BCUT2D eigenvalue weighted by Gasteiger charge is -2.32. The zero-order valence-corrected chi connectivity index (χ0v) is 15.5. The van der Waals surface area contributed by atoms with Crippen molar-refractivity contribution in [2.24, 2.45) is 0 Å². The minimum Gasteiger partial charge on any atom is -0.355 e. The van der Waals surface area contributed by atoms with Gasteiger partial charge in [-0.25, -0.2) is 18.3 Å². The lowest BCUT2D eigenvalue weighted by atomic mass is 10.1. The average molecular weight is 382 g/mol. The summed E-state index contributed by atoms with van der Waals surface area (Å²) in [6.45, 7) is 2.69. The van der Waals surface area contributed by atoms with Crippen molar-refractivity contribution in [1.82, 2.24) is 24.8 Å². The molecule has 4 aromatic rings. The summed E-state index contributed by atoms with van der Waals surface area (Å²) in [5.41, 5.74) is 4.60. The van der Waals surface area contributed by atoms with Crippen molar-refractivity contribution in [2.75, 3.05) is 18.0 Å². The Bertz CT molecular complexity index is 1150. The van der Waals surface area contributed by atoms with Crippen molar-refractivity contribution >= 4 is 22.4 Å². The Morgan fingerprint density at radius 2 is 1.96 bits per heavy atom. The molecule has 1 N–H and O–H groups in total. The standard InChI is InChI=1S/C20H20F2N6/c1-2-15-14-11-13(3-4-16(14)25-24-15)17-12-23-18-5-6-19(26-28(17)18)27-9-7-20(21,22)8-10-27/h3-6,11-12H,2,7-10H2,1H3,(H,24,25). The molecule has 0 amide bonds. The van der Waals surface area contributed by atoms with Gasteiger partial charge in [-0.3, -0.25) is 5.10 Å². The topological polar surface area (TPSA) is 62.1 Å². The number of nitrogens with zero attached hydrogens (tertiary/aromatic N) is 5. The van der Waals surface area contributed by atoms with Gasteiger partial charge in [-0.15, -0.1) is 5.10 Å². The molecule has 144 valence electrons. The van der Waals surface area contributed by atoms with E-state index in [-0.39, 0.29) is 12.8 Å². The number of aromatic amines is 1. The zero-order valence-electron chi connectivity index (χ0n) is 15.5. The fraction of sp³-hybridized carbons (Fsp3) is 0.350. The number of H-pyrrole nitrogens is 1. The van der Waals surface area contributed by atoms with Gasteiger partial charge in [-0.1, -0.05) is 13.0 Å². The normalized spacial score (nSPS) is 16.9. The van der Waals surface area contributed by atoms with E-state index in [1.165, 1.54) is 0 Å². The molecule has 1 aromatic carbocycles. The van der Waals surface area contributed by atoms with E-state index in [1.54, 1.807) is 10.7 Å². The summed E-state index contributed by atoms with van der Waals surface area (Å²) < 4.78 is 28.7. The molecule has 1 aliphatic rings. The maximum Gasteiger partial charge on any atom is 0.251 e. The Balaban J connectivity index is 1.55. The van der Waals surface area contributed by atoms with Crippen LogP contribution in [-0.2, 0) is 6.42 Å². The number of anilines is 1. The van der Waals surface area contributed by atoms with Crippen LogP contribution in [0.3, 0.4) is 0 Å². The van der Waals surface area contributed by atoms with Crippen molar-refractivity contribution < 1.29 is 8.78 Å². The summed E-state index contributed by atoms with van der Waals surface area (Å²) in [6.07, 6.45) is 2.39. The first kappa shape index (κ1) is 17.1. The van der Waals surface area contributed by atoms with Crippen molar-refractivity contribution in [1.29, 1.82) is 0 Å². The molecule has 0 atom stereocenters. The van der Waals surface area contributed by atoms with Gasteiger partial charge in [0.25, 0.3) is 5.92 Å². The van der Waals surface area contributed by atoms with Crippen molar-refractivity contribution in [3.63, 3.8) is 0 Å². The van der Waals surface area contributed by atoms with E-state index in [0.29, 0.717) is 18.9 Å². The largest absolute Gasteiger partial charge is 0.355 e. The molecule has 3 aromatic heterocycles. The molecule has 0 bridgehead atoms. The summed E-state index contributed by atoms with van der Waals surface area (Å²) >= 11 is 0. The lowest BCUT2D eigenvalue weighted by molar-refractivity contribution is -0.0221. The van der Waals surface area contributed by atoms with E-state index in [4.69, 9.17) is 5.10 Å². The first-order valence-electron chi connectivity index (χ1n) is 9.49. The summed E-state index contributed by atoms with van der Waals surface area (Å²) in [4.78, 5) is 6.36. The molecule has 0 radical (unpaired) electrons. The molecule has 5 rings (SSSR count).